The van der Waals surface area contributed by atoms with Crippen LogP contribution in [0.5, 0.6) is 0 Å². The van der Waals surface area contributed by atoms with Gasteiger partial charge in [0, 0.05) is 6.42 Å². The Bertz CT molecular complexity index is 193. The molecule has 0 aliphatic heterocycles. The fourth-order valence-electron chi connectivity index (χ4n) is 1.14. The molecule has 0 aromatic carbocycles. The van der Waals surface area contributed by atoms with Crippen molar-refractivity contribution < 1.29 is 19.8 Å². The Kier molecular flexibility index (Phi) is 6.74. The normalized spacial score (nSPS) is 10.4. The van der Waals surface area contributed by atoms with E-state index in [-0.39, 0.29) is 13.0 Å². The van der Waals surface area contributed by atoms with Crippen LogP contribution in [0.15, 0.2) is 0 Å². The van der Waals surface area contributed by atoms with Gasteiger partial charge in [0.15, 0.2) is 0 Å². The molecule has 0 spiro atoms. The van der Waals surface area contributed by atoms with E-state index in [1.807, 2.05) is 0 Å². The van der Waals surface area contributed by atoms with Crippen molar-refractivity contribution in [3.63, 3.8) is 0 Å². The Balaban J connectivity index is 3.27. The Morgan fingerprint density at radius 3 is 2.21 bits per heavy atom. The van der Waals surface area contributed by atoms with Crippen LogP contribution in [0.3, 0.4) is 0 Å². The van der Waals surface area contributed by atoms with Gasteiger partial charge in [0.2, 0.25) is 0 Å². The molecular weight excluding hydrogens is 186 g/mol. The standard InChI is InChI=1S/C9H17NO4/c1-10(7-9(13)14)6-4-2-3-5-8(11)12/h2-7H2,1H3,(H,11,12)(H,13,14). The monoisotopic (exact) mass is 203 g/mol. The number of hydrogen-bond donors (Lipinski definition) is 2. The number of carbonyl (C=O) groups is 2. The van der Waals surface area contributed by atoms with Gasteiger partial charge in [-0.05, 0) is 26.4 Å². The van der Waals surface area contributed by atoms with Crippen LogP contribution < -0.4 is 0 Å². The van der Waals surface area contributed by atoms with Crippen molar-refractivity contribution in [1.29, 1.82) is 0 Å². The minimum atomic E-state index is -0.835. The summed E-state index contributed by atoms with van der Waals surface area (Å²) in [6, 6.07) is 0. The third kappa shape index (κ3) is 8.99. The predicted octanol–water partition coefficient (Wildman–Crippen LogP) is 0.648. The molecule has 14 heavy (non-hydrogen) atoms. The summed E-state index contributed by atoms with van der Waals surface area (Å²) < 4.78 is 0. The van der Waals surface area contributed by atoms with Gasteiger partial charge < -0.3 is 10.2 Å². The van der Waals surface area contributed by atoms with Gasteiger partial charge in [-0.25, -0.2) is 0 Å². The zero-order chi connectivity index (χ0) is 11.0. The molecule has 0 unspecified atom stereocenters. The molecule has 0 rings (SSSR count). The summed E-state index contributed by atoms with van der Waals surface area (Å²) in [6.45, 7) is 0.741. The second-order valence-corrected chi connectivity index (χ2v) is 3.34. The van der Waals surface area contributed by atoms with Gasteiger partial charge >= 0.3 is 11.9 Å². The number of carboxylic acids is 2. The number of likely N-dealkylation sites (N-methyl/N-ethyl adjacent to an activating group) is 1. The minimum absolute atomic E-state index is 0.0406. The van der Waals surface area contributed by atoms with Gasteiger partial charge in [-0.3, -0.25) is 14.5 Å². The van der Waals surface area contributed by atoms with E-state index in [4.69, 9.17) is 10.2 Å². The lowest BCUT2D eigenvalue weighted by Crippen LogP contribution is -2.26. The van der Waals surface area contributed by atoms with Crippen LogP contribution in [0.1, 0.15) is 25.7 Å². The van der Waals surface area contributed by atoms with Crippen LogP contribution in [0.4, 0.5) is 0 Å². The third-order valence-electron chi connectivity index (χ3n) is 1.84. The van der Waals surface area contributed by atoms with Gasteiger partial charge in [0.25, 0.3) is 0 Å². The summed E-state index contributed by atoms with van der Waals surface area (Å²) in [5, 5.41) is 16.8. The first-order valence-corrected chi connectivity index (χ1v) is 4.64. The molecule has 0 aromatic rings. The zero-order valence-electron chi connectivity index (χ0n) is 8.40. The lowest BCUT2D eigenvalue weighted by Gasteiger charge is -2.12. The Hall–Kier alpha value is -1.10. The average Bonchev–Trinajstić information content (AvgIpc) is 2.01. The summed E-state index contributed by atoms with van der Waals surface area (Å²) in [5.74, 6) is -1.61. The van der Waals surface area contributed by atoms with Crippen LogP contribution in [-0.4, -0.2) is 47.2 Å². The van der Waals surface area contributed by atoms with Crippen molar-refractivity contribution in [2.24, 2.45) is 0 Å². The molecule has 82 valence electrons. The average molecular weight is 203 g/mol. The Morgan fingerprint density at radius 2 is 1.71 bits per heavy atom. The van der Waals surface area contributed by atoms with Crippen molar-refractivity contribution in [3.8, 4) is 0 Å². The molecule has 0 heterocycles. The van der Waals surface area contributed by atoms with Crippen molar-refractivity contribution in [3.05, 3.63) is 0 Å². The smallest absolute Gasteiger partial charge is 0.317 e. The highest BCUT2D eigenvalue weighted by Gasteiger charge is 2.03. The summed E-state index contributed by atoms with van der Waals surface area (Å²) in [7, 11) is 1.74. The van der Waals surface area contributed by atoms with Crippen molar-refractivity contribution in [2.45, 2.75) is 25.7 Å². The molecule has 0 aliphatic rings. The molecule has 0 amide bonds. The second kappa shape index (κ2) is 7.32. The lowest BCUT2D eigenvalue weighted by atomic mass is 10.2. The molecule has 0 atom stereocenters. The number of unbranched alkanes of at least 4 members (excludes halogenated alkanes) is 2. The molecule has 0 aromatic heterocycles. The maximum atomic E-state index is 10.3. The van der Waals surface area contributed by atoms with E-state index in [1.54, 1.807) is 11.9 Å². The summed E-state index contributed by atoms with van der Waals surface area (Å²) >= 11 is 0. The third-order valence-corrected chi connectivity index (χ3v) is 1.84. The van der Waals surface area contributed by atoms with Crippen LogP contribution in [0, 0.1) is 0 Å². The van der Waals surface area contributed by atoms with Gasteiger partial charge in [0.05, 0.1) is 6.54 Å². The molecule has 0 aliphatic carbocycles. The number of nitrogens with zero attached hydrogens (tertiary/aromatic N) is 1. The van der Waals surface area contributed by atoms with E-state index >= 15 is 0 Å². The largest absolute Gasteiger partial charge is 0.481 e. The molecule has 5 nitrogen and oxygen atoms in total. The van der Waals surface area contributed by atoms with E-state index in [2.05, 4.69) is 0 Å². The van der Waals surface area contributed by atoms with Crippen LogP contribution >= 0.6 is 0 Å². The summed E-state index contributed by atoms with van der Waals surface area (Å²) in [5.41, 5.74) is 0. The lowest BCUT2D eigenvalue weighted by molar-refractivity contribution is -0.138. The Labute approximate surface area is 83.3 Å². The van der Waals surface area contributed by atoms with E-state index in [0.717, 1.165) is 12.8 Å². The first-order valence-electron chi connectivity index (χ1n) is 4.64. The topological polar surface area (TPSA) is 77.8 Å². The quantitative estimate of drug-likeness (QED) is 0.566. The van der Waals surface area contributed by atoms with Crippen molar-refractivity contribution in [2.75, 3.05) is 20.1 Å². The van der Waals surface area contributed by atoms with Crippen LogP contribution in [-0.2, 0) is 9.59 Å². The zero-order valence-corrected chi connectivity index (χ0v) is 8.40. The van der Waals surface area contributed by atoms with Crippen molar-refractivity contribution >= 4 is 11.9 Å². The highest BCUT2D eigenvalue weighted by Crippen LogP contribution is 2.00. The number of aliphatic carboxylic acids is 2. The maximum absolute atomic E-state index is 10.3. The summed E-state index contributed by atoms with van der Waals surface area (Å²) in [6.07, 6.45) is 2.53. The van der Waals surface area contributed by atoms with Gasteiger partial charge in [-0.15, -0.1) is 0 Å². The molecule has 0 saturated carbocycles. The first-order chi connectivity index (χ1) is 6.52. The SMILES string of the molecule is CN(CCCCCC(=O)O)CC(=O)O. The van der Waals surface area contributed by atoms with Gasteiger partial charge in [-0.1, -0.05) is 6.42 Å². The van der Waals surface area contributed by atoms with Gasteiger partial charge in [-0.2, -0.15) is 0 Å². The van der Waals surface area contributed by atoms with E-state index < -0.39 is 11.9 Å². The summed E-state index contributed by atoms with van der Waals surface area (Å²) in [4.78, 5) is 22.1. The number of carboxylic acid groups (broad SMARTS) is 2. The number of rotatable bonds is 8. The first kappa shape index (κ1) is 12.9. The van der Waals surface area contributed by atoms with E-state index in [9.17, 15) is 9.59 Å². The van der Waals surface area contributed by atoms with E-state index in [0.29, 0.717) is 13.0 Å². The van der Waals surface area contributed by atoms with Gasteiger partial charge in [0.1, 0.15) is 0 Å². The maximum Gasteiger partial charge on any atom is 0.317 e. The fourth-order valence-corrected chi connectivity index (χ4v) is 1.14. The highest BCUT2D eigenvalue weighted by atomic mass is 16.4. The second-order valence-electron chi connectivity index (χ2n) is 3.34. The molecule has 0 bridgehead atoms. The Morgan fingerprint density at radius 1 is 1.07 bits per heavy atom. The molecular formula is C9H17NO4. The predicted molar refractivity (Wildman–Crippen MR) is 51.2 cm³/mol. The minimum Gasteiger partial charge on any atom is -0.481 e. The fraction of sp³-hybridized carbons (Fsp3) is 0.778. The molecule has 0 fully saturated rings. The van der Waals surface area contributed by atoms with Crippen LogP contribution in [0.2, 0.25) is 0 Å². The molecule has 2 N–H and O–H groups in total. The van der Waals surface area contributed by atoms with E-state index in [1.165, 1.54) is 0 Å². The molecule has 0 saturated heterocycles. The molecule has 0 radical (unpaired) electrons. The van der Waals surface area contributed by atoms with Crippen LogP contribution in [0.25, 0.3) is 0 Å². The molecule has 5 heteroatoms. The number of hydrogen-bond acceptors (Lipinski definition) is 3. The van der Waals surface area contributed by atoms with Crippen molar-refractivity contribution in [1.82, 2.24) is 4.90 Å². The highest BCUT2D eigenvalue weighted by molar-refractivity contribution is 5.69.